The van der Waals surface area contributed by atoms with Crippen molar-refractivity contribution in [3.05, 3.63) is 53.8 Å². The van der Waals surface area contributed by atoms with E-state index in [9.17, 15) is 9.18 Å². The predicted octanol–water partition coefficient (Wildman–Crippen LogP) is 4.21. The maximum absolute atomic E-state index is 13.4. The number of anilines is 1. The Hall–Kier alpha value is -3.02. The molecule has 1 aliphatic rings. The summed E-state index contributed by atoms with van der Waals surface area (Å²) in [4.78, 5) is 23.7. The molecule has 0 bridgehead atoms. The number of aromatic nitrogens is 2. The highest BCUT2D eigenvalue weighted by Gasteiger charge is 2.26. The number of hydrogen-bond donors (Lipinski definition) is 0. The standard InChI is InChI=1S/C21H20FN3O2/c1-13-4-3-11-25(13)20-19(14-5-8-16(22)9-6-14)23-17-10-7-15(21(26)27-2)12-18(17)24-20/h5-10,12-13H,3-4,11H2,1-2H3/t13-/m1/s1. The van der Waals surface area contributed by atoms with E-state index in [0.29, 0.717) is 22.6 Å². The molecule has 3 aromatic rings. The Balaban J connectivity index is 1.91. The summed E-state index contributed by atoms with van der Waals surface area (Å²) >= 11 is 0. The van der Waals surface area contributed by atoms with Gasteiger partial charge in [-0.3, -0.25) is 0 Å². The Labute approximate surface area is 156 Å². The van der Waals surface area contributed by atoms with Crippen molar-refractivity contribution in [1.29, 1.82) is 0 Å². The number of rotatable bonds is 3. The SMILES string of the molecule is COC(=O)c1ccc2nc(-c3ccc(F)cc3)c(N3CCC[C@H]3C)nc2c1. The van der Waals surface area contributed by atoms with Crippen LogP contribution in [0.15, 0.2) is 42.5 Å². The van der Waals surface area contributed by atoms with Crippen molar-refractivity contribution >= 4 is 22.8 Å². The summed E-state index contributed by atoms with van der Waals surface area (Å²) in [5, 5.41) is 0. The molecule has 1 aliphatic heterocycles. The van der Waals surface area contributed by atoms with E-state index in [0.717, 1.165) is 36.5 Å². The second kappa shape index (κ2) is 6.95. The number of esters is 1. The van der Waals surface area contributed by atoms with Gasteiger partial charge < -0.3 is 9.64 Å². The number of nitrogens with zero attached hydrogens (tertiary/aromatic N) is 3. The molecule has 0 amide bonds. The molecule has 0 N–H and O–H groups in total. The lowest BCUT2D eigenvalue weighted by atomic mass is 10.1. The fraction of sp³-hybridized carbons (Fsp3) is 0.286. The zero-order chi connectivity index (χ0) is 19.0. The number of carbonyl (C=O) groups excluding carboxylic acids is 1. The van der Waals surface area contributed by atoms with Crippen LogP contribution in [0, 0.1) is 5.82 Å². The van der Waals surface area contributed by atoms with Crippen LogP contribution in [0.3, 0.4) is 0 Å². The van der Waals surface area contributed by atoms with Crippen molar-refractivity contribution in [1.82, 2.24) is 9.97 Å². The van der Waals surface area contributed by atoms with Gasteiger partial charge in [-0.05, 0) is 62.2 Å². The molecule has 1 fully saturated rings. The van der Waals surface area contributed by atoms with E-state index in [4.69, 9.17) is 14.7 Å². The van der Waals surface area contributed by atoms with Crippen LogP contribution < -0.4 is 4.90 Å². The summed E-state index contributed by atoms with van der Waals surface area (Å²) in [6, 6.07) is 11.8. The molecule has 2 aromatic carbocycles. The van der Waals surface area contributed by atoms with Gasteiger partial charge in [-0.1, -0.05) is 0 Å². The molecule has 0 aliphatic carbocycles. The lowest BCUT2D eigenvalue weighted by Crippen LogP contribution is -2.28. The Bertz CT molecular complexity index is 1000. The number of hydrogen-bond acceptors (Lipinski definition) is 5. The molecular formula is C21H20FN3O2. The molecule has 0 radical (unpaired) electrons. The molecule has 0 unspecified atom stereocenters. The molecule has 6 heteroatoms. The number of ether oxygens (including phenoxy) is 1. The topological polar surface area (TPSA) is 55.3 Å². The van der Waals surface area contributed by atoms with Gasteiger partial charge in [-0.2, -0.15) is 0 Å². The van der Waals surface area contributed by atoms with Gasteiger partial charge in [-0.15, -0.1) is 0 Å². The van der Waals surface area contributed by atoms with E-state index in [1.54, 1.807) is 30.3 Å². The smallest absolute Gasteiger partial charge is 0.337 e. The lowest BCUT2D eigenvalue weighted by Gasteiger charge is -2.25. The third-order valence-electron chi connectivity index (χ3n) is 5.01. The molecule has 4 rings (SSSR count). The van der Waals surface area contributed by atoms with Crippen LogP contribution in [-0.2, 0) is 4.74 Å². The number of methoxy groups -OCH3 is 1. The van der Waals surface area contributed by atoms with Crippen LogP contribution in [0.5, 0.6) is 0 Å². The second-order valence-corrected chi connectivity index (χ2v) is 6.78. The average molecular weight is 365 g/mol. The van der Waals surface area contributed by atoms with Gasteiger partial charge >= 0.3 is 5.97 Å². The first-order valence-corrected chi connectivity index (χ1v) is 8.99. The van der Waals surface area contributed by atoms with Gasteiger partial charge in [0.25, 0.3) is 0 Å². The molecule has 1 atom stereocenters. The minimum Gasteiger partial charge on any atom is -0.465 e. The number of carbonyl (C=O) groups is 1. The van der Waals surface area contributed by atoms with E-state index in [-0.39, 0.29) is 5.82 Å². The van der Waals surface area contributed by atoms with Crippen LogP contribution in [0.1, 0.15) is 30.1 Å². The van der Waals surface area contributed by atoms with Crippen molar-refractivity contribution in [3.63, 3.8) is 0 Å². The van der Waals surface area contributed by atoms with E-state index in [1.165, 1.54) is 19.2 Å². The van der Waals surface area contributed by atoms with Crippen LogP contribution in [0.4, 0.5) is 10.2 Å². The molecule has 2 heterocycles. The molecule has 27 heavy (non-hydrogen) atoms. The molecule has 5 nitrogen and oxygen atoms in total. The van der Waals surface area contributed by atoms with Gasteiger partial charge in [0, 0.05) is 18.2 Å². The molecule has 138 valence electrons. The molecule has 1 aromatic heterocycles. The van der Waals surface area contributed by atoms with Gasteiger partial charge in [0.05, 0.1) is 23.7 Å². The first-order chi connectivity index (χ1) is 13.1. The van der Waals surface area contributed by atoms with Crippen LogP contribution in [0.25, 0.3) is 22.3 Å². The van der Waals surface area contributed by atoms with Crippen molar-refractivity contribution in [2.45, 2.75) is 25.8 Å². The fourth-order valence-electron chi connectivity index (χ4n) is 3.54. The molecular weight excluding hydrogens is 345 g/mol. The first kappa shape index (κ1) is 17.4. The normalized spacial score (nSPS) is 16.7. The van der Waals surface area contributed by atoms with Crippen molar-refractivity contribution < 1.29 is 13.9 Å². The van der Waals surface area contributed by atoms with E-state index < -0.39 is 5.97 Å². The zero-order valence-corrected chi connectivity index (χ0v) is 15.3. The Morgan fingerprint density at radius 2 is 1.93 bits per heavy atom. The number of fused-ring (bicyclic) bond motifs is 1. The Morgan fingerprint density at radius 1 is 1.15 bits per heavy atom. The summed E-state index contributed by atoms with van der Waals surface area (Å²) in [6.45, 7) is 3.06. The van der Waals surface area contributed by atoms with Crippen LogP contribution >= 0.6 is 0 Å². The summed E-state index contributed by atoms with van der Waals surface area (Å²) in [5.41, 5.74) is 3.30. The lowest BCUT2D eigenvalue weighted by molar-refractivity contribution is 0.0601. The van der Waals surface area contributed by atoms with Crippen LogP contribution in [-0.4, -0.2) is 35.6 Å². The fourth-order valence-corrected chi connectivity index (χ4v) is 3.54. The predicted molar refractivity (Wildman–Crippen MR) is 102 cm³/mol. The molecule has 0 saturated carbocycles. The van der Waals surface area contributed by atoms with Gasteiger partial charge in [0.1, 0.15) is 11.5 Å². The number of halogens is 1. The summed E-state index contributed by atoms with van der Waals surface area (Å²) in [6.07, 6.45) is 2.18. The highest BCUT2D eigenvalue weighted by Crippen LogP contribution is 2.34. The van der Waals surface area contributed by atoms with Crippen LogP contribution in [0.2, 0.25) is 0 Å². The van der Waals surface area contributed by atoms with Crippen molar-refractivity contribution in [2.24, 2.45) is 0 Å². The third-order valence-corrected chi connectivity index (χ3v) is 5.01. The molecule has 0 spiro atoms. The van der Waals surface area contributed by atoms with Crippen molar-refractivity contribution in [2.75, 3.05) is 18.6 Å². The van der Waals surface area contributed by atoms with E-state index >= 15 is 0 Å². The maximum atomic E-state index is 13.4. The minimum atomic E-state index is -0.405. The van der Waals surface area contributed by atoms with Gasteiger partial charge in [0.15, 0.2) is 5.82 Å². The average Bonchev–Trinajstić information content (AvgIpc) is 3.12. The van der Waals surface area contributed by atoms with E-state index in [1.807, 2.05) is 0 Å². The summed E-state index contributed by atoms with van der Waals surface area (Å²) in [5.74, 6) is 0.0739. The first-order valence-electron chi connectivity index (χ1n) is 8.99. The second-order valence-electron chi connectivity index (χ2n) is 6.78. The summed E-state index contributed by atoms with van der Waals surface area (Å²) < 4.78 is 18.2. The van der Waals surface area contributed by atoms with E-state index in [2.05, 4.69) is 11.8 Å². The maximum Gasteiger partial charge on any atom is 0.337 e. The zero-order valence-electron chi connectivity index (χ0n) is 15.3. The Kier molecular flexibility index (Phi) is 4.48. The molecule has 1 saturated heterocycles. The highest BCUT2D eigenvalue weighted by atomic mass is 19.1. The Morgan fingerprint density at radius 3 is 2.59 bits per heavy atom. The van der Waals surface area contributed by atoms with Gasteiger partial charge in [-0.25, -0.2) is 19.2 Å². The largest absolute Gasteiger partial charge is 0.465 e. The highest BCUT2D eigenvalue weighted by molar-refractivity contribution is 5.94. The quantitative estimate of drug-likeness (QED) is 0.651. The third kappa shape index (κ3) is 3.23. The number of benzene rings is 2. The van der Waals surface area contributed by atoms with Crippen molar-refractivity contribution in [3.8, 4) is 11.3 Å². The minimum absolute atomic E-state index is 0.286. The van der Waals surface area contributed by atoms with Gasteiger partial charge in [0.2, 0.25) is 0 Å². The monoisotopic (exact) mass is 365 g/mol. The summed E-state index contributed by atoms with van der Waals surface area (Å²) in [7, 11) is 1.35.